The molecule has 4 nitrogen and oxygen atoms in total. The van der Waals surface area contributed by atoms with E-state index in [0.29, 0.717) is 11.4 Å². The lowest BCUT2D eigenvalue weighted by Gasteiger charge is -2.26. The smallest absolute Gasteiger partial charge is 0.244 e. The summed E-state index contributed by atoms with van der Waals surface area (Å²) in [6.45, 7) is 4.78. The Balaban J connectivity index is 2.30. The monoisotopic (exact) mass is 302 g/mol. The second kappa shape index (κ2) is 5.91. The van der Waals surface area contributed by atoms with Gasteiger partial charge < -0.3 is 5.32 Å². The zero-order valence-corrected chi connectivity index (χ0v) is 13.4. The molecule has 2 rings (SSSR count). The molecule has 1 aliphatic rings. The minimum Gasteiger partial charge on any atom is -0.315 e. The Hall–Kier alpha value is -0.430. The molecule has 0 radical (unpaired) electrons. The fraction of sp³-hybridized carbons (Fsp3) is 0.692. The van der Waals surface area contributed by atoms with Crippen molar-refractivity contribution in [3.8, 4) is 0 Å². The number of nitrogens with zero attached hydrogens (tertiary/aromatic N) is 1. The summed E-state index contributed by atoms with van der Waals surface area (Å²) in [5.41, 5.74) is 0. The van der Waals surface area contributed by atoms with Crippen LogP contribution in [0, 0.1) is 0 Å². The van der Waals surface area contributed by atoms with E-state index >= 15 is 0 Å². The molecule has 1 saturated heterocycles. The Labute approximate surface area is 119 Å². The Morgan fingerprint density at radius 3 is 2.84 bits per heavy atom. The molecule has 0 spiro atoms. The molecule has 2 unspecified atom stereocenters. The van der Waals surface area contributed by atoms with E-state index in [1.807, 2.05) is 14.0 Å². The Morgan fingerprint density at radius 2 is 2.21 bits per heavy atom. The molecular weight excluding hydrogens is 280 g/mol. The van der Waals surface area contributed by atoms with Crippen LogP contribution in [0.15, 0.2) is 16.3 Å². The lowest BCUT2D eigenvalue weighted by Crippen LogP contribution is -2.39. The van der Waals surface area contributed by atoms with E-state index in [1.165, 1.54) is 11.3 Å². The third-order valence-corrected chi connectivity index (χ3v) is 6.87. The van der Waals surface area contributed by atoms with Gasteiger partial charge in [-0.15, -0.1) is 11.3 Å². The molecule has 1 aromatic heterocycles. The summed E-state index contributed by atoms with van der Waals surface area (Å²) in [5.74, 6) is 0. The second-order valence-electron chi connectivity index (χ2n) is 5.10. The molecule has 1 aromatic rings. The summed E-state index contributed by atoms with van der Waals surface area (Å²) < 4.78 is 27.2. The predicted molar refractivity (Wildman–Crippen MR) is 78.9 cm³/mol. The van der Waals surface area contributed by atoms with Gasteiger partial charge in [0.05, 0.1) is 4.90 Å². The third-order valence-electron chi connectivity index (χ3n) is 3.74. The zero-order chi connectivity index (χ0) is 14.0. The van der Waals surface area contributed by atoms with Crippen LogP contribution in [0.4, 0.5) is 0 Å². The van der Waals surface area contributed by atoms with E-state index < -0.39 is 10.0 Å². The predicted octanol–water partition coefficient (Wildman–Crippen LogP) is 2.42. The van der Waals surface area contributed by atoms with E-state index in [2.05, 4.69) is 12.2 Å². The van der Waals surface area contributed by atoms with Crippen molar-refractivity contribution in [2.24, 2.45) is 0 Å². The van der Waals surface area contributed by atoms with Gasteiger partial charge in [-0.1, -0.05) is 6.92 Å². The van der Waals surface area contributed by atoms with Crippen molar-refractivity contribution in [2.45, 2.75) is 56.6 Å². The van der Waals surface area contributed by atoms with Crippen LogP contribution in [-0.4, -0.2) is 31.9 Å². The summed E-state index contributed by atoms with van der Waals surface area (Å²) >= 11 is 1.50. The summed E-state index contributed by atoms with van der Waals surface area (Å²) in [4.78, 5) is 1.51. The number of sulfonamides is 1. The van der Waals surface area contributed by atoms with Crippen molar-refractivity contribution in [3.05, 3.63) is 16.3 Å². The zero-order valence-electron chi connectivity index (χ0n) is 11.7. The normalized spacial score (nSPS) is 25.0. The summed E-state index contributed by atoms with van der Waals surface area (Å²) in [5, 5.41) is 4.81. The number of thiophene rings is 1. The van der Waals surface area contributed by atoms with Crippen molar-refractivity contribution in [1.29, 1.82) is 0 Å². The van der Waals surface area contributed by atoms with Gasteiger partial charge in [-0.3, -0.25) is 0 Å². The maximum atomic E-state index is 12.7. The van der Waals surface area contributed by atoms with E-state index in [9.17, 15) is 8.42 Å². The number of hydrogen-bond donors (Lipinski definition) is 1. The molecule has 1 fully saturated rings. The first-order valence-electron chi connectivity index (χ1n) is 6.76. The van der Waals surface area contributed by atoms with Gasteiger partial charge in [0.15, 0.2) is 0 Å². The van der Waals surface area contributed by atoms with Crippen LogP contribution in [0.25, 0.3) is 0 Å². The first kappa shape index (κ1) is 15.0. The van der Waals surface area contributed by atoms with Crippen LogP contribution in [0.5, 0.6) is 0 Å². The van der Waals surface area contributed by atoms with Crippen molar-refractivity contribution < 1.29 is 8.42 Å². The van der Waals surface area contributed by atoms with Crippen molar-refractivity contribution in [1.82, 2.24) is 9.62 Å². The van der Waals surface area contributed by atoms with Gasteiger partial charge in [0.2, 0.25) is 10.0 Å². The van der Waals surface area contributed by atoms with Gasteiger partial charge in [-0.2, -0.15) is 4.31 Å². The van der Waals surface area contributed by atoms with Gasteiger partial charge in [0.25, 0.3) is 0 Å². The van der Waals surface area contributed by atoms with E-state index in [0.717, 1.165) is 24.1 Å². The number of nitrogens with one attached hydrogen (secondary N) is 1. The molecule has 108 valence electrons. The van der Waals surface area contributed by atoms with Crippen LogP contribution in [0.1, 0.15) is 38.0 Å². The molecule has 2 heterocycles. The SMILES string of the molecule is CCC1CCC(C)N1S(=O)(=O)c1csc(CNC)c1. The summed E-state index contributed by atoms with van der Waals surface area (Å²) in [6, 6.07) is 2.07. The lowest BCUT2D eigenvalue weighted by atomic mass is 10.2. The molecule has 2 atom stereocenters. The average Bonchev–Trinajstić information content (AvgIpc) is 2.96. The molecular formula is C13H22N2O2S2. The standard InChI is InChI=1S/C13H22N2O2S2/c1-4-11-6-5-10(2)15(11)19(16,17)13-7-12(8-14-3)18-9-13/h7,9-11,14H,4-6,8H2,1-3H3. The fourth-order valence-corrected chi connectivity index (χ4v) is 5.97. The van der Waals surface area contributed by atoms with E-state index in [1.54, 1.807) is 15.8 Å². The lowest BCUT2D eigenvalue weighted by molar-refractivity contribution is 0.329. The Morgan fingerprint density at radius 1 is 1.47 bits per heavy atom. The van der Waals surface area contributed by atoms with Gasteiger partial charge >= 0.3 is 0 Å². The van der Waals surface area contributed by atoms with Gasteiger partial charge in [-0.25, -0.2) is 8.42 Å². The van der Waals surface area contributed by atoms with Crippen molar-refractivity contribution >= 4 is 21.4 Å². The van der Waals surface area contributed by atoms with Crippen LogP contribution >= 0.6 is 11.3 Å². The molecule has 0 bridgehead atoms. The fourth-order valence-electron chi connectivity index (χ4n) is 2.75. The van der Waals surface area contributed by atoms with Crippen LogP contribution in [0.2, 0.25) is 0 Å². The molecule has 0 aromatic carbocycles. The van der Waals surface area contributed by atoms with Crippen molar-refractivity contribution in [2.75, 3.05) is 7.05 Å². The van der Waals surface area contributed by atoms with E-state index in [-0.39, 0.29) is 12.1 Å². The summed E-state index contributed by atoms with van der Waals surface area (Å²) in [7, 11) is -1.47. The minimum atomic E-state index is -3.33. The van der Waals surface area contributed by atoms with Gasteiger partial charge in [0, 0.05) is 28.9 Å². The highest BCUT2D eigenvalue weighted by molar-refractivity contribution is 7.89. The highest BCUT2D eigenvalue weighted by atomic mass is 32.2. The minimum absolute atomic E-state index is 0.114. The highest BCUT2D eigenvalue weighted by Crippen LogP contribution is 2.33. The molecule has 0 aliphatic carbocycles. The first-order valence-corrected chi connectivity index (χ1v) is 9.08. The third kappa shape index (κ3) is 2.86. The maximum Gasteiger partial charge on any atom is 0.244 e. The van der Waals surface area contributed by atoms with E-state index in [4.69, 9.17) is 0 Å². The summed E-state index contributed by atoms with van der Waals surface area (Å²) in [6.07, 6.45) is 2.83. The number of rotatable bonds is 5. The Bertz CT molecular complexity index is 525. The van der Waals surface area contributed by atoms with Crippen LogP contribution < -0.4 is 5.32 Å². The molecule has 19 heavy (non-hydrogen) atoms. The number of hydrogen-bond acceptors (Lipinski definition) is 4. The molecule has 0 saturated carbocycles. The molecule has 0 amide bonds. The quantitative estimate of drug-likeness (QED) is 0.909. The first-order chi connectivity index (χ1) is 9.00. The Kier molecular flexibility index (Phi) is 4.66. The highest BCUT2D eigenvalue weighted by Gasteiger charge is 2.39. The topological polar surface area (TPSA) is 49.4 Å². The molecule has 1 N–H and O–H groups in total. The van der Waals surface area contributed by atoms with Gasteiger partial charge in [0.1, 0.15) is 0 Å². The second-order valence-corrected chi connectivity index (χ2v) is 7.94. The van der Waals surface area contributed by atoms with Crippen LogP contribution in [0.3, 0.4) is 0 Å². The molecule has 6 heteroatoms. The van der Waals surface area contributed by atoms with Gasteiger partial charge in [-0.05, 0) is 39.3 Å². The van der Waals surface area contributed by atoms with Crippen LogP contribution in [-0.2, 0) is 16.6 Å². The maximum absolute atomic E-state index is 12.7. The average molecular weight is 302 g/mol. The largest absolute Gasteiger partial charge is 0.315 e. The van der Waals surface area contributed by atoms with Crippen molar-refractivity contribution in [3.63, 3.8) is 0 Å². The molecule has 1 aliphatic heterocycles.